The smallest absolute Gasteiger partial charge is 0.0625 e. The molecule has 1 heterocycles. The summed E-state index contributed by atoms with van der Waals surface area (Å²) < 4.78 is 1.86. The van der Waals surface area contributed by atoms with Crippen LogP contribution in [-0.2, 0) is 13.5 Å². The molecule has 0 saturated heterocycles. The van der Waals surface area contributed by atoms with Crippen LogP contribution in [0.25, 0.3) is 0 Å². The Morgan fingerprint density at radius 1 is 1.57 bits per heavy atom. The fourth-order valence-electron chi connectivity index (χ4n) is 1.45. The molecule has 3 heteroatoms. The van der Waals surface area contributed by atoms with E-state index >= 15 is 0 Å². The van der Waals surface area contributed by atoms with E-state index in [0.29, 0.717) is 6.04 Å². The third kappa shape index (κ3) is 3.92. The molecule has 1 unspecified atom stereocenters. The van der Waals surface area contributed by atoms with Gasteiger partial charge in [0.15, 0.2) is 0 Å². The minimum atomic E-state index is 0.594. The monoisotopic (exact) mass is 195 g/mol. The van der Waals surface area contributed by atoms with Crippen molar-refractivity contribution in [3.63, 3.8) is 0 Å². The Labute approximate surface area is 86.5 Å². The maximum Gasteiger partial charge on any atom is 0.0625 e. The molecule has 3 nitrogen and oxygen atoms in total. The second kappa shape index (κ2) is 5.81. The van der Waals surface area contributed by atoms with Gasteiger partial charge in [0.1, 0.15) is 0 Å². The molecule has 0 radical (unpaired) electrons. The molecule has 0 aromatic carbocycles. The van der Waals surface area contributed by atoms with Crippen LogP contribution in [0.5, 0.6) is 0 Å². The highest BCUT2D eigenvalue weighted by molar-refractivity contribution is 4.98. The summed E-state index contributed by atoms with van der Waals surface area (Å²) in [7, 11) is 1.96. The Morgan fingerprint density at radius 2 is 2.36 bits per heavy atom. The summed E-state index contributed by atoms with van der Waals surface area (Å²) in [6.45, 7) is 5.54. The summed E-state index contributed by atoms with van der Waals surface area (Å²) in [6, 6.07) is 2.68. The van der Waals surface area contributed by atoms with Gasteiger partial charge < -0.3 is 5.32 Å². The van der Waals surface area contributed by atoms with Crippen LogP contribution in [0.2, 0.25) is 0 Å². The molecule has 0 saturated carbocycles. The van der Waals surface area contributed by atoms with Gasteiger partial charge in [-0.05, 0) is 38.8 Å². The summed E-state index contributed by atoms with van der Waals surface area (Å²) in [5, 5.41) is 7.83. The van der Waals surface area contributed by atoms with E-state index in [0.717, 1.165) is 19.4 Å². The van der Waals surface area contributed by atoms with Crippen molar-refractivity contribution in [3.8, 4) is 0 Å². The van der Waals surface area contributed by atoms with E-state index in [1.54, 1.807) is 0 Å². The lowest BCUT2D eigenvalue weighted by molar-refractivity contribution is 0.510. The summed E-state index contributed by atoms with van der Waals surface area (Å²) in [6.07, 6.45) is 5.43. The van der Waals surface area contributed by atoms with Crippen LogP contribution in [0, 0.1) is 0 Å². The minimum Gasteiger partial charge on any atom is -0.314 e. The Hall–Kier alpha value is -0.830. The Kier molecular flexibility index (Phi) is 4.66. The zero-order valence-corrected chi connectivity index (χ0v) is 9.45. The predicted molar refractivity (Wildman–Crippen MR) is 59.3 cm³/mol. The lowest BCUT2D eigenvalue weighted by Gasteiger charge is -2.11. The molecule has 1 rings (SSSR count). The lowest BCUT2D eigenvalue weighted by Crippen LogP contribution is -2.27. The first kappa shape index (κ1) is 11.2. The van der Waals surface area contributed by atoms with Gasteiger partial charge in [-0.25, -0.2) is 0 Å². The molecule has 0 aliphatic heterocycles. The number of aromatic nitrogens is 2. The van der Waals surface area contributed by atoms with Crippen molar-refractivity contribution >= 4 is 0 Å². The second-order valence-electron chi connectivity index (χ2n) is 3.87. The van der Waals surface area contributed by atoms with Gasteiger partial charge in [0.2, 0.25) is 0 Å². The quantitative estimate of drug-likeness (QED) is 0.749. The minimum absolute atomic E-state index is 0.594. The van der Waals surface area contributed by atoms with Crippen molar-refractivity contribution in [1.29, 1.82) is 0 Å². The van der Waals surface area contributed by atoms with Crippen LogP contribution >= 0.6 is 0 Å². The first-order valence-electron chi connectivity index (χ1n) is 5.44. The van der Waals surface area contributed by atoms with Gasteiger partial charge in [-0.1, -0.05) is 6.92 Å². The molecule has 80 valence electrons. The number of hydrogen-bond donors (Lipinski definition) is 1. The first-order valence-corrected chi connectivity index (χ1v) is 5.44. The molecule has 0 aliphatic rings. The average Bonchev–Trinajstić information content (AvgIpc) is 2.58. The Balaban J connectivity index is 2.20. The van der Waals surface area contributed by atoms with Gasteiger partial charge in [-0.2, -0.15) is 5.10 Å². The number of hydrogen-bond acceptors (Lipinski definition) is 2. The molecule has 1 N–H and O–H groups in total. The Bertz CT molecular complexity index is 255. The molecule has 1 aromatic heterocycles. The van der Waals surface area contributed by atoms with Crippen molar-refractivity contribution < 1.29 is 0 Å². The van der Waals surface area contributed by atoms with E-state index in [-0.39, 0.29) is 0 Å². The van der Waals surface area contributed by atoms with Crippen LogP contribution in [0.4, 0.5) is 0 Å². The number of aryl methyl sites for hydroxylation is 2. The van der Waals surface area contributed by atoms with Crippen molar-refractivity contribution in [2.24, 2.45) is 7.05 Å². The number of rotatable bonds is 6. The van der Waals surface area contributed by atoms with Crippen LogP contribution in [0.15, 0.2) is 12.3 Å². The summed E-state index contributed by atoms with van der Waals surface area (Å²) in [4.78, 5) is 0. The molecule has 1 aromatic rings. The zero-order chi connectivity index (χ0) is 10.4. The van der Waals surface area contributed by atoms with Crippen molar-refractivity contribution in [2.75, 3.05) is 6.54 Å². The van der Waals surface area contributed by atoms with Crippen LogP contribution in [0.1, 0.15) is 32.4 Å². The van der Waals surface area contributed by atoms with E-state index in [1.165, 1.54) is 12.1 Å². The topological polar surface area (TPSA) is 29.9 Å². The summed E-state index contributed by atoms with van der Waals surface area (Å²) >= 11 is 0. The fraction of sp³-hybridized carbons (Fsp3) is 0.727. The van der Waals surface area contributed by atoms with E-state index in [4.69, 9.17) is 0 Å². The van der Waals surface area contributed by atoms with E-state index in [1.807, 2.05) is 17.9 Å². The SMILES string of the molecule is CCCNC(C)CCc1ccn(C)n1. The molecule has 1 atom stereocenters. The second-order valence-corrected chi connectivity index (χ2v) is 3.87. The summed E-state index contributed by atoms with van der Waals surface area (Å²) in [5.74, 6) is 0. The summed E-state index contributed by atoms with van der Waals surface area (Å²) in [5.41, 5.74) is 1.19. The highest BCUT2D eigenvalue weighted by Crippen LogP contribution is 2.01. The van der Waals surface area contributed by atoms with Crippen molar-refractivity contribution in [2.45, 2.75) is 39.2 Å². The number of nitrogens with zero attached hydrogens (tertiary/aromatic N) is 2. The van der Waals surface area contributed by atoms with Crippen LogP contribution in [-0.4, -0.2) is 22.4 Å². The maximum absolute atomic E-state index is 4.35. The molecule has 14 heavy (non-hydrogen) atoms. The number of nitrogens with one attached hydrogen (secondary N) is 1. The van der Waals surface area contributed by atoms with Gasteiger partial charge >= 0.3 is 0 Å². The fourth-order valence-corrected chi connectivity index (χ4v) is 1.45. The van der Waals surface area contributed by atoms with E-state index in [9.17, 15) is 0 Å². The lowest BCUT2D eigenvalue weighted by atomic mass is 10.1. The van der Waals surface area contributed by atoms with Crippen molar-refractivity contribution in [3.05, 3.63) is 18.0 Å². The zero-order valence-electron chi connectivity index (χ0n) is 9.45. The molecular weight excluding hydrogens is 174 g/mol. The van der Waals surface area contributed by atoms with Gasteiger partial charge in [0, 0.05) is 19.3 Å². The normalized spacial score (nSPS) is 13.1. The molecule has 0 fully saturated rings. The van der Waals surface area contributed by atoms with Crippen molar-refractivity contribution in [1.82, 2.24) is 15.1 Å². The van der Waals surface area contributed by atoms with E-state index < -0.39 is 0 Å². The highest BCUT2D eigenvalue weighted by Gasteiger charge is 2.02. The third-order valence-electron chi connectivity index (χ3n) is 2.35. The molecular formula is C11H21N3. The molecule has 0 spiro atoms. The largest absolute Gasteiger partial charge is 0.314 e. The molecule has 0 aliphatic carbocycles. The van der Waals surface area contributed by atoms with Gasteiger partial charge in [-0.15, -0.1) is 0 Å². The van der Waals surface area contributed by atoms with Gasteiger partial charge in [-0.3, -0.25) is 4.68 Å². The Morgan fingerprint density at radius 3 is 2.93 bits per heavy atom. The molecule has 0 bridgehead atoms. The first-order chi connectivity index (χ1) is 6.72. The third-order valence-corrected chi connectivity index (χ3v) is 2.35. The van der Waals surface area contributed by atoms with Crippen LogP contribution in [0.3, 0.4) is 0 Å². The average molecular weight is 195 g/mol. The predicted octanol–water partition coefficient (Wildman–Crippen LogP) is 1.74. The molecule has 0 amide bonds. The van der Waals surface area contributed by atoms with E-state index in [2.05, 4.69) is 30.3 Å². The van der Waals surface area contributed by atoms with Crippen LogP contribution < -0.4 is 5.32 Å². The van der Waals surface area contributed by atoms with Gasteiger partial charge in [0.25, 0.3) is 0 Å². The maximum atomic E-state index is 4.35. The van der Waals surface area contributed by atoms with Gasteiger partial charge in [0.05, 0.1) is 5.69 Å². The highest BCUT2D eigenvalue weighted by atomic mass is 15.2. The standard InChI is InChI=1S/C11H21N3/c1-4-8-12-10(2)5-6-11-7-9-14(3)13-11/h7,9-10,12H,4-6,8H2,1-3H3.